The summed E-state index contributed by atoms with van der Waals surface area (Å²) < 4.78 is 0. The smallest absolute Gasteiger partial charge is 0.335 e. The topological polar surface area (TPSA) is 62.2 Å². The van der Waals surface area contributed by atoms with Gasteiger partial charge in [-0.15, -0.1) is 22.7 Å². The van der Waals surface area contributed by atoms with Crippen molar-refractivity contribution < 1.29 is 9.90 Å². The molecule has 0 fully saturated rings. The van der Waals surface area contributed by atoms with E-state index in [0.717, 1.165) is 16.3 Å². The number of carbonyl (C=O) groups is 1. The summed E-state index contributed by atoms with van der Waals surface area (Å²) in [6, 6.07) is 11.1. The lowest BCUT2D eigenvalue weighted by molar-refractivity contribution is 0.0696. The largest absolute Gasteiger partial charge is 0.478 e. The van der Waals surface area contributed by atoms with Gasteiger partial charge in [-0.2, -0.15) is 0 Å². The van der Waals surface area contributed by atoms with Crippen molar-refractivity contribution in [1.82, 2.24) is 10.3 Å². The van der Waals surface area contributed by atoms with Crippen LogP contribution in [0.25, 0.3) is 9.88 Å². The zero-order chi connectivity index (χ0) is 15.4. The van der Waals surface area contributed by atoms with Crippen LogP contribution in [0.2, 0.25) is 0 Å². The monoisotopic (exact) mass is 330 g/mol. The number of carboxylic acid groups (broad SMARTS) is 1. The molecule has 0 spiro atoms. The molecule has 0 bridgehead atoms. The van der Waals surface area contributed by atoms with Crippen molar-refractivity contribution in [2.75, 3.05) is 0 Å². The first-order chi connectivity index (χ1) is 10.7. The third-order valence-electron chi connectivity index (χ3n) is 3.09. The maximum atomic E-state index is 10.9. The minimum atomic E-state index is -0.901. The molecule has 3 rings (SSSR count). The lowest BCUT2D eigenvalue weighted by Crippen LogP contribution is -2.13. The predicted molar refractivity (Wildman–Crippen MR) is 89.4 cm³/mol. The maximum absolute atomic E-state index is 10.9. The van der Waals surface area contributed by atoms with Gasteiger partial charge in [0, 0.05) is 18.5 Å². The molecule has 0 aliphatic rings. The average molecular weight is 330 g/mol. The highest BCUT2D eigenvalue weighted by atomic mass is 32.1. The summed E-state index contributed by atoms with van der Waals surface area (Å²) in [4.78, 5) is 16.7. The van der Waals surface area contributed by atoms with E-state index >= 15 is 0 Å². The maximum Gasteiger partial charge on any atom is 0.335 e. The van der Waals surface area contributed by atoms with Crippen LogP contribution >= 0.6 is 22.7 Å². The van der Waals surface area contributed by atoms with Crippen LogP contribution in [0.5, 0.6) is 0 Å². The van der Waals surface area contributed by atoms with Crippen molar-refractivity contribution >= 4 is 28.6 Å². The van der Waals surface area contributed by atoms with E-state index in [1.807, 2.05) is 17.5 Å². The van der Waals surface area contributed by atoms with Gasteiger partial charge in [-0.05, 0) is 29.1 Å². The molecule has 0 saturated carbocycles. The van der Waals surface area contributed by atoms with Crippen LogP contribution in [0.15, 0.2) is 47.2 Å². The summed E-state index contributed by atoms with van der Waals surface area (Å²) in [5.41, 5.74) is 2.27. The first kappa shape index (κ1) is 14.9. The Labute approximate surface area is 136 Å². The molecule has 4 nitrogen and oxygen atoms in total. The number of thiophene rings is 1. The van der Waals surface area contributed by atoms with Crippen LogP contribution in [0.1, 0.15) is 21.6 Å². The van der Waals surface area contributed by atoms with Crippen molar-refractivity contribution in [1.29, 1.82) is 0 Å². The Morgan fingerprint density at radius 1 is 1.18 bits per heavy atom. The molecule has 0 radical (unpaired) electrons. The van der Waals surface area contributed by atoms with Gasteiger partial charge < -0.3 is 10.4 Å². The van der Waals surface area contributed by atoms with Crippen molar-refractivity contribution in [2.24, 2.45) is 0 Å². The first-order valence-electron chi connectivity index (χ1n) is 6.73. The second-order valence-electron chi connectivity index (χ2n) is 4.73. The number of aromatic nitrogens is 1. The molecule has 0 amide bonds. The number of benzene rings is 1. The molecule has 112 valence electrons. The van der Waals surface area contributed by atoms with E-state index in [1.165, 1.54) is 4.88 Å². The van der Waals surface area contributed by atoms with Crippen molar-refractivity contribution in [3.8, 4) is 9.88 Å². The molecular formula is C16H14N2O2S2. The summed E-state index contributed by atoms with van der Waals surface area (Å²) in [6.07, 6.45) is 0. The molecule has 0 unspecified atom stereocenters. The van der Waals surface area contributed by atoms with Crippen LogP contribution in [0.3, 0.4) is 0 Å². The number of hydrogen-bond donors (Lipinski definition) is 2. The summed E-state index contributed by atoms with van der Waals surface area (Å²) in [7, 11) is 0. The summed E-state index contributed by atoms with van der Waals surface area (Å²) >= 11 is 3.33. The standard InChI is InChI=1S/C16H14N2O2S2/c19-16(20)12-4-1-3-11(7-12)8-17-9-13-10-22-15(18-13)14-5-2-6-21-14/h1-7,10,17H,8-9H2,(H,19,20). The van der Waals surface area contributed by atoms with E-state index in [0.29, 0.717) is 18.7 Å². The second-order valence-corrected chi connectivity index (χ2v) is 6.54. The van der Waals surface area contributed by atoms with Crippen LogP contribution in [0, 0.1) is 0 Å². The molecule has 2 N–H and O–H groups in total. The third kappa shape index (κ3) is 3.59. The molecule has 0 saturated heterocycles. The van der Waals surface area contributed by atoms with E-state index in [1.54, 1.807) is 40.9 Å². The number of nitrogens with zero attached hydrogens (tertiary/aromatic N) is 1. The van der Waals surface area contributed by atoms with E-state index in [2.05, 4.69) is 21.7 Å². The Hall–Kier alpha value is -2.02. The molecule has 3 aromatic rings. The number of aromatic carboxylic acids is 1. The van der Waals surface area contributed by atoms with Crippen LogP contribution in [0.4, 0.5) is 0 Å². The number of thiazole rings is 1. The summed E-state index contributed by atoms with van der Waals surface area (Å²) in [6.45, 7) is 1.28. The van der Waals surface area contributed by atoms with Gasteiger partial charge in [0.2, 0.25) is 0 Å². The highest BCUT2D eigenvalue weighted by Gasteiger charge is 2.06. The summed E-state index contributed by atoms with van der Waals surface area (Å²) in [5.74, 6) is -0.901. The van der Waals surface area contributed by atoms with Gasteiger partial charge >= 0.3 is 5.97 Å². The first-order valence-corrected chi connectivity index (χ1v) is 8.49. The fourth-order valence-corrected chi connectivity index (χ4v) is 3.68. The Morgan fingerprint density at radius 3 is 2.86 bits per heavy atom. The molecule has 1 aromatic carbocycles. The van der Waals surface area contributed by atoms with Gasteiger partial charge in [0.1, 0.15) is 5.01 Å². The zero-order valence-corrected chi connectivity index (χ0v) is 13.3. The molecule has 22 heavy (non-hydrogen) atoms. The van der Waals surface area contributed by atoms with Crippen LogP contribution < -0.4 is 5.32 Å². The molecule has 0 aliphatic carbocycles. The fraction of sp³-hybridized carbons (Fsp3) is 0.125. The Kier molecular flexibility index (Phi) is 4.62. The van der Waals surface area contributed by atoms with Crippen LogP contribution in [-0.2, 0) is 13.1 Å². The van der Waals surface area contributed by atoms with Gasteiger partial charge in [0.25, 0.3) is 0 Å². The third-order valence-corrected chi connectivity index (χ3v) is 5.02. The lowest BCUT2D eigenvalue weighted by Gasteiger charge is -2.04. The van der Waals surface area contributed by atoms with Gasteiger partial charge in [-0.25, -0.2) is 9.78 Å². The van der Waals surface area contributed by atoms with E-state index in [4.69, 9.17) is 5.11 Å². The van der Waals surface area contributed by atoms with E-state index < -0.39 is 5.97 Å². The van der Waals surface area contributed by atoms with Gasteiger partial charge in [-0.1, -0.05) is 18.2 Å². The number of carboxylic acids is 1. The number of rotatable bonds is 6. The normalized spacial score (nSPS) is 10.7. The predicted octanol–water partition coefficient (Wildman–Crippen LogP) is 3.86. The van der Waals surface area contributed by atoms with Gasteiger partial charge in [0.05, 0.1) is 16.1 Å². The summed E-state index contributed by atoms with van der Waals surface area (Å²) in [5, 5.41) is 17.4. The van der Waals surface area contributed by atoms with Crippen molar-refractivity contribution in [2.45, 2.75) is 13.1 Å². The van der Waals surface area contributed by atoms with E-state index in [-0.39, 0.29) is 0 Å². The Morgan fingerprint density at radius 2 is 2.09 bits per heavy atom. The van der Waals surface area contributed by atoms with Crippen molar-refractivity contribution in [3.63, 3.8) is 0 Å². The highest BCUT2D eigenvalue weighted by molar-refractivity contribution is 7.20. The van der Waals surface area contributed by atoms with Gasteiger partial charge in [-0.3, -0.25) is 0 Å². The number of hydrogen-bond acceptors (Lipinski definition) is 5. The van der Waals surface area contributed by atoms with Crippen molar-refractivity contribution in [3.05, 3.63) is 64.0 Å². The molecule has 6 heteroatoms. The Balaban J connectivity index is 1.57. The SMILES string of the molecule is O=C(O)c1cccc(CNCc2csc(-c3cccs3)n2)c1. The minimum Gasteiger partial charge on any atom is -0.478 e. The minimum absolute atomic E-state index is 0.313. The van der Waals surface area contributed by atoms with E-state index in [9.17, 15) is 4.79 Å². The number of nitrogens with one attached hydrogen (secondary N) is 1. The average Bonchev–Trinajstić information content (AvgIpc) is 3.18. The fourth-order valence-electron chi connectivity index (χ4n) is 2.05. The molecule has 2 aromatic heterocycles. The second kappa shape index (κ2) is 6.83. The molecule has 2 heterocycles. The van der Waals surface area contributed by atoms with Crippen LogP contribution in [-0.4, -0.2) is 16.1 Å². The lowest BCUT2D eigenvalue weighted by atomic mass is 10.1. The molecular weight excluding hydrogens is 316 g/mol. The quantitative estimate of drug-likeness (QED) is 0.720. The Bertz CT molecular complexity index is 766. The highest BCUT2D eigenvalue weighted by Crippen LogP contribution is 2.27. The zero-order valence-electron chi connectivity index (χ0n) is 11.7. The van der Waals surface area contributed by atoms with Gasteiger partial charge in [0.15, 0.2) is 0 Å². The molecule has 0 aliphatic heterocycles. The molecule has 0 atom stereocenters.